The van der Waals surface area contributed by atoms with Crippen molar-refractivity contribution in [3.8, 4) is 67.8 Å². The van der Waals surface area contributed by atoms with Crippen molar-refractivity contribution in [2.75, 3.05) is 10.2 Å². The van der Waals surface area contributed by atoms with Crippen LogP contribution >= 0.6 is 0 Å². The average molecular weight is 1270 g/mol. The molecule has 0 radical (unpaired) electrons. The molecule has 99 heavy (non-hydrogen) atoms. The molecule has 0 bridgehead atoms. The zero-order valence-corrected chi connectivity index (χ0v) is 57.9. The second-order valence-electron chi connectivity index (χ2n) is 29.9. The molecule has 6 nitrogen and oxygen atoms in total. The van der Waals surface area contributed by atoms with Gasteiger partial charge in [0.1, 0.15) is 23.0 Å². The van der Waals surface area contributed by atoms with Crippen molar-refractivity contribution in [2.45, 2.75) is 83.1 Å². The van der Waals surface area contributed by atoms with Crippen LogP contribution in [0.5, 0.6) is 23.0 Å². The van der Waals surface area contributed by atoms with Crippen LogP contribution in [-0.2, 0) is 0 Å². The van der Waals surface area contributed by atoms with Crippen LogP contribution < -0.4 is 68.9 Å². The summed E-state index contributed by atoms with van der Waals surface area (Å²) in [7, 11) is 0. The Hall–Kier alpha value is -11.1. The van der Waals surface area contributed by atoms with Crippen LogP contribution in [0.4, 0.5) is 28.4 Å². The topological polar surface area (TPSA) is 43.6 Å². The second kappa shape index (κ2) is 19.8. The van der Waals surface area contributed by atoms with Gasteiger partial charge in [-0.1, -0.05) is 156 Å². The first-order chi connectivity index (χ1) is 48.0. The van der Waals surface area contributed by atoms with E-state index in [0.29, 0.717) is 0 Å². The summed E-state index contributed by atoms with van der Waals surface area (Å²) in [6.45, 7) is 26.6. The number of anilines is 5. The van der Waals surface area contributed by atoms with E-state index in [1.54, 1.807) is 0 Å². The third-order valence-corrected chi connectivity index (χ3v) is 23.4. The zero-order chi connectivity index (χ0) is 66.8. The number of nitrogens with one attached hydrogen (secondary N) is 1. The predicted octanol–water partition coefficient (Wildman–Crippen LogP) is 16.8. The zero-order valence-electron chi connectivity index (χ0n) is 57.9. The Balaban J connectivity index is 0.856. The first-order valence-electron chi connectivity index (χ1n) is 35.2. The van der Waals surface area contributed by atoms with Crippen molar-refractivity contribution < 1.29 is 9.47 Å². The molecule has 21 rings (SSSR count). The van der Waals surface area contributed by atoms with Gasteiger partial charge in [0.2, 0.25) is 0 Å². The van der Waals surface area contributed by atoms with Crippen LogP contribution in [0.2, 0.25) is 0 Å². The number of rotatable bonds is 4. The fourth-order valence-corrected chi connectivity index (χ4v) is 20.3. The highest BCUT2D eigenvalue weighted by molar-refractivity contribution is 7.03. The third-order valence-electron chi connectivity index (χ3n) is 23.4. The number of hydrogen-bond donors (Lipinski definition) is 1. The van der Waals surface area contributed by atoms with Crippen molar-refractivity contribution in [1.82, 2.24) is 9.13 Å². The van der Waals surface area contributed by atoms with Gasteiger partial charge >= 0.3 is 0 Å². The van der Waals surface area contributed by atoms with E-state index in [1.807, 2.05) is 0 Å². The Morgan fingerprint density at radius 1 is 0.293 bits per heavy atom. The lowest BCUT2D eigenvalue weighted by atomic mass is 9.30. The number of aromatic nitrogens is 2. The molecule has 9 heteroatoms. The van der Waals surface area contributed by atoms with Gasteiger partial charge in [-0.15, -0.1) is 0 Å². The summed E-state index contributed by atoms with van der Waals surface area (Å²) in [5, 5.41) is 9.24. The molecule has 6 aliphatic rings. The van der Waals surface area contributed by atoms with E-state index in [-0.39, 0.29) is 20.1 Å². The monoisotopic (exact) mass is 1270 g/mol. The molecule has 0 spiro atoms. The molecule has 1 N–H and O–H groups in total. The van der Waals surface area contributed by atoms with Crippen molar-refractivity contribution in [1.29, 1.82) is 0 Å². The van der Waals surface area contributed by atoms with Crippen LogP contribution in [-0.4, -0.2) is 29.3 Å². The van der Waals surface area contributed by atoms with Crippen molar-refractivity contribution >= 4 is 141 Å². The molecule has 0 amide bonds. The lowest BCUT2D eigenvalue weighted by Crippen LogP contribution is -2.64. The fraction of sp³-hybridized carbons (Fsp3) is 0.133. The molecule has 0 saturated heterocycles. The molecule has 0 fully saturated rings. The lowest BCUT2D eigenvalue weighted by Gasteiger charge is -2.43. The van der Waals surface area contributed by atoms with E-state index in [9.17, 15) is 0 Å². The maximum Gasteiger partial charge on any atom is 0.260 e. The van der Waals surface area contributed by atoms with E-state index < -0.39 is 0 Å². The number of aryl methyl sites for hydroxylation is 12. The van der Waals surface area contributed by atoms with Crippen molar-refractivity contribution in [3.63, 3.8) is 0 Å². The van der Waals surface area contributed by atoms with Crippen LogP contribution in [0.15, 0.2) is 194 Å². The Bertz CT molecular complexity index is 6250. The minimum absolute atomic E-state index is 0.0961. The molecule has 0 saturated carbocycles. The van der Waals surface area contributed by atoms with E-state index in [0.717, 1.165) is 62.0 Å². The smallest absolute Gasteiger partial charge is 0.260 e. The predicted molar refractivity (Wildman–Crippen MR) is 420 cm³/mol. The Labute approximate surface area is 578 Å². The van der Waals surface area contributed by atoms with Crippen LogP contribution in [0.25, 0.3) is 88.4 Å². The second-order valence-corrected chi connectivity index (χ2v) is 29.9. The number of para-hydroxylation sites is 4. The Kier molecular flexibility index (Phi) is 11.4. The van der Waals surface area contributed by atoms with Gasteiger partial charge in [0.25, 0.3) is 20.1 Å². The number of hydrogen-bond acceptors (Lipinski definition) is 4. The first kappa shape index (κ1) is 57.0. The maximum absolute atomic E-state index is 7.80. The van der Waals surface area contributed by atoms with E-state index in [2.05, 4.69) is 297 Å². The molecule has 0 atom stereocenters. The summed E-state index contributed by atoms with van der Waals surface area (Å²) in [5.74, 6) is 3.34. The van der Waals surface area contributed by atoms with Crippen molar-refractivity contribution in [3.05, 3.63) is 261 Å². The Morgan fingerprint density at radius 3 is 1.23 bits per heavy atom. The quantitative estimate of drug-likeness (QED) is 0.178. The molecule has 13 aromatic carbocycles. The molecule has 470 valence electrons. The first-order valence-corrected chi connectivity index (χ1v) is 35.2. The number of fused-ring (bicyclic) bond motifs is 18. The van der Waals surface area contributed by atoms with Crippen LogP contribution in [0, 0.1) is 83.1 Å². The molecule has 2 aromatic heterocycles. The van der Waals surface area contributed by atoms with Gasteiger partial charge in [-0.2, -0.15) is 0 Å². The van der Waals surface area contributed by atoms with Gasteiger partial charge in [0.05, 0.1) is 16.7 Å². The van der Waals surface area contributed by atoms with Gasteiger partial charge in [0, 0.05) is 84.3 Å². The third kappa shape index (κ3) is 7.60. The minimum Gasteiger partial charge on any atom is -0.458 e. The molecular weight excluding hydrogens is 1200 g/mol. The van der Waals surface area contributed by atoms with Crippen LogP contribution in [0.3, 0.4) is 0 Å². The highest BCUT2D eigenvalue weighted by Gasteiger charge is 2.49. The van der Waals surface area contributed by atoms with Gasteiger partial charge in [-0.3, -0.25) is 0 Å². The number of ether oxygens (including phenoxy) is 2. The largest absolute Gasteiger partial charge is 0.458 e. The molecule has 0 aliphatic carbocycles. The summed E-state index contributed by atoms with van der Waals surface area (Å²) in [5.41, 5.74) is 46.4. The standard InChI is InChI=1S/C90H69B3N4O2/c1-45-27-49(5)82(50(6)28-45)57-35-71-85-75(36-57)95-72-25-15-13-19-60(72)62-21-17-23-64(89(62)95)91(85)66-41-68-78(43-70(66)94-71)98-80-39-59(84-53(9)31-47(3)32-54(84)10)40-81-87(80)93(68)69-42-67-74(44-79(69)99-81)97(88-55(11)33-48(4)34-56(88)12)77-38-58(83-51(7)29-46(2)30-52(83)8)37-76-86(77)92(67)65-24-18-22-63-61-20-14-16-26-73(61)96(76)90(63)65/h13-44,94H,1-12H3. The van der Waals surface area contributed by atoms with Crippen LogP contribution in [0.1, 0.15) is 66.8 Å². The summed E-state index contributed by atoms with van der Waals surface area (Å²) in [6, 6.07) is 75.4. The summed E-state index contributed by atoms with van der Waals surface area (Å²) in [6.07, 6.45) is 0. The lowest BCUT2D eigenvalue weighted by molar-refractivity contribution is 0.465. The van der Waals surface area contributed by atoms with E-state index >= 15 is 0 Å². The van der Waals surface area contributed by atoms with Gasteiger partial charge < -0.3 is 28.8 Å². The van der Waals surface area contributed by atoms with Gasteiger partial charge in [-0.25, -0.2) is 0 Å². The minimum atomic E-state index is -0.271. The summed E-state index contributed by atoms with van der Waals surface area (Å²) < 4.78 is 20.6. The van der Waals surface area contributed by atoms with Gasteiger partial charge in [-0.05, 0) is 253 Å². The Morgan fingerprint density at radius 2 is 0.707 bits per heavy atom. The number of benzene rings is 13. The molecule has 6 aliphatic heterocycles. The molecule has 15 aromatic rings. The fourth-order valence-electron chi connectivity index (χ4n) is 20.3. The summed E-state index contributed by atoms with van der Waals surface area (Å²) >= 11 is 0. The van der Waals surface area contributed by atoms with E-state index in [4.69, 9.17) is 9.47 Å². The molecule has 0 unspecified atom stereocenters. The number of nitrogens with zero attached hydrogens (tertiary/aromatic N) is 3. The van der Waals surface area contributed by atoms with Crippen molar-refractivity contribution in [2.24, 2.45) is 0 Å². The normalized spacial score (nSPS) is 13.6. The van der Waals surface area contributed by atoms with Gasteiger partial charge in [0.15, 0.2) is 0 Å². The highest BCUT2D eigenvalue weighted by Crippen LogP contribution is 2.50. The summed E-state index contributed by atoms with van der Waals surface area (Å²) in [4.78, 5) is 2.64. The molecule has 8 heterocycles. The SMILES string of the molecule is Cc1cc(C)c(-c2cc3c4c(c2)Oc2cc5c(cc2B4c2cc4c(cc2O3)Nc2cc(-c3c(C)cc(C)cc3C)cc3c2B4c2cccc4c6ccccc6n-3c24)B2c3c(cc(-c4c(C)cc(C)cc4C)cc3-n3c4ccccc4c4cccc2c43)N5c2c(C)cc(C)cc2C)c(C)c1. The highest BCUT2D eigenvalue weighted by atomic mass is 16.5. The maximum atomic E-state index is 7.80. The molecular formula is C90H69B3N4O2. The average Bonchev–Trinajstić information content (AvgIpc) is 1.68. The van der Waals surface area contributed by atoms with E-state index in [1.165, 1.54) is 194 Å².